The van der Waals surface area contributed by atoms with E-state index in [9.17, 15) is 4.79 Å². The second-order valence-corrected chi connectivity index (χ2v) is 6.02. The fourth-order valence-electron chi connectivity index (χ4n) is 2.84. The van der Waals surface area contributed by atoms with Gasteiger partial charge < -0.3 is 20.1 Å². The van der Waals surface area contributed by atoms with E-state index < -0.39 is 0 Å². The third kappa shape index (κ3) is 5.34. The minimum atomic E-state index is 0. The van der Waals surface area contributed by atoms with Gasteiger partial charge in [-0.25, -0.2) is 0 Å². The van der Waals surface area contributed by atoms with Crippen LogP contribution in [0, 0.1) is 5.92 Å². The number of nitrogens with one attached hydrogen (secondary N) is 2. The van der Waals surface area contributed by atoms with E-state index in [1.165, 1.54) is 0 Å². The summed E-state index contributed by atoms with van der Waals surface area (Å²) < 4.78 is 11.2. The fourth-order valence-corrected chi connectivity index (χ4v) is 2.84. The maximum atomic E-state index is 12.4. The molecule has 0 spiro atoms. The van der Waals surface area contributed by atoms with Gasteiger partial charge in [-0.2, -0.15) is 0 Å². The Balaban J connectivity index is 0.00000243. The second kappa shape index (κ2) is 9.99. The molecule has 1 aromatic carbocycles. The summed E-state index contributed by atoms with van der Waals surface area (Å²) in [5, 5.41) is 6.26. The maximum Gasteiger partial charge on any atom is 0.227 e. The highest BCUT2D eigenvalue weighted by molar-refractivity contribution is 5.93. The van der Waals surface area contributed by atoms with E-state index in [0.29, 0.717) is 23.8 Å². The lowest BCUT2D eigenvalue weighted by atomic mass is 9.97. The summed E-state index contributed by atoms with van der Waals surface area (Å²) in [7, 11) is 1.60. The first-order chi connectivity index (χ1) is 12.3. The van der Waals surface area contributed by atoms with Gasteiger partial charge in [0.2, 0.25) is 5.91 Å². The molecule has 0 unspecified atom stereocenters. The standard InChI is InChI=1S/C19H23N3O3.ClH/c1-24-17-3-2-16(22-19(23)15-6-10-21-11-7-15)12-18(17)25-13-14-4-8-20-9-5-14;/h2-5,8-9,12,15,21H,6-7,10-11,13H2,1H3,(H,22,23);1H. The average Bonchev–Trinajstić information content (AvgIpc) is 2.68. The molecule has 2 N–H and O–H groups in total. The summed E-state index contributed by atoms with van der Waals surface area (Å²) in [6, 6.07) is 9.24. The predicted octanol–water partition coefficient (Wildman–Crippen LogP) is 3.03. The minimum Gasteiger partial charge on any atom is -0.493 e. The first-order valence-electron chi connectivity index (χ1n) is 8.47. The molecule has 1 amide bonds. The van der Waals surface area contributed by atoms with Crippen molar-refractivity contribution in [1.29, 1.82) is 0 Å². The number of benzene rings is 1. The van der Waals surface area contributed by atoms with Crippen LogP contribution < -0.4 is 20.1 Å². The van der Waals surface area contributed by atoms with Crippen LogP contribution in [0.25, 0.3) is 0 Å². The number of methoxy groups -OCH3 is 1. The SMILES string of the molecule is COc1ccc(NC(=O)C2CCNCC2)cc1OCc1ccncc1.Cl. The first kappa shape index (κ1) is 20.0. The van der Waals surface area contributed by atoms with E-state index in [4.69, 9.17) is 9.47 Å². The van der Waals surface area contributed by atoms with Crippen LogP contribution in [-0.4, -0.2) is 31.1 Å². The predicted molar refractivity (Wildman–Crippen MR) is 103 cm³/mol. The molecule has 26 heavy (non-hydrogen) atoms. The van der Waals surface area contributed by atoms with Crippen LogP contribution in [-0.2, 0) is 11.4 Å². The molecule has 1 aliphatic rings. The van der Waals surface area contributed by atoms with Crippen LogP contribution in [0.15, 0.2) is 42.7 Å². The van der Waals surface area contributed by atoms with Gasteiger partial charge in [-0.05, 0) is 55.8 Å². The smallest absolute Gasteiger partial charge is 0.227 e. The third-order valence-electron chi connectivity index (χ3n) is 4.28. The molecule has 140 valence electrons. The Morgan fingerprint density at radius 2 is 1.92 bits per heavy atom. The van der Waals surface area contributed by atoms with Crippen LogP contribution in [0.3, 0.4) is 0 Å². The summed E-state index contributed by atoms with van der Waals surface area (Å²) >= 11 is 0. The summed E-state index contributed by atoms with van der Waals surface area (Å²) in [6.07, 6.45) is 5.19. The van der Waals surface area contributed by atoms with Gasteiger partial charge in [0.25, 0.3) is 0 Å². The molecule has 3 rings (SSSR count). The zero-order valence-corrected chi connectivity index (χ0v) is 15.6. The zero-order valence-electron chi connectivity index (χ0n) is 14.7. The number of amides is 1. The molecule has 0 aliphatic carbocycles. The molecule has 1 aliphatic heterocycles. The van der Waals surface area contributed by atoms with E-state index in [0.717, 1.165) is 31.5 Å². The molecular formula is C19H24ClN3O3. The highest BCUT2D eigenvalue weighted by atomic mass is 35.5. The first-order valence-corrected chi connectivity index (χ1v) is 8.47. The second-order valence-electron chi connectivity index (χ2n) is 6.02. The minimum absolute atomic E-state index is 0. The number of carbonyl (C=O) groups is 1. The van der Waals surface area contributed by atoms with Crippen LogP contribution in [0.5, 0.6) is 11.5 Å². The van der Waals surface area contributed by atoms with E-state index in [1.54, 1.807) is 31.6 Å². The Kier molecular flexibility index (Phi) is 7.69. The molecule has 0 saturated carbocycles. The molecule has 2 heterocycles. The molecule has 1 aromatic heterocycles. The normalized spacial score (nSPS) is 14.2. The van der Waals surface area contributed by atoms with Crippen molar-refractivity contribution in [2.75, 3.05) is 25.5 Å². The number of anilines is 1. The number of hydrogen-bond acceptors (Lipinski definition) is 5. The van der Waals surface area contributed by atoms with Crippen molar-refractivity contribution in [2.24, 2.45) is 5.92 Å². The quantitative estimate of drug-likeness (QED) is 0.809. The Morgan fingerprint density at radius 3 is 2.62 bits per heavy atom. The summed E-state index contributed by atoms with van der Waals surface area (Å²) in [6.45, 7) is 2.19. The molecule has 0 atom stereocenters. The topological polar surface area (TPSA) is 72.5 Å². The molecular weight excluding hydrogens is 354 g/mol. The third-order valence-corrected chi connectivity index (χ3v) is 4.28. The van der Waals surface area contributed by atoms with Gasteiger partial charge in [0.05, 0.1) is 7.11 Å². The van der Waals surface area contributed by atoms with Crippen molar-refractivity contribution in [2.45, 2.75) is 19.4 Å². The summed E-state index contributed by atoms with van der Waals surface area (Å²) in [4.78, 5) is 16.4. The molecule has 1 saturated heterocycles. The Bertz CT molecular complexity index is 706. The lowest BCUT2D eigenvalue weighted by Gasteiger charge is -2.22. The van der Waals surface area contributed by atoms with Crippen LogP contribution in [0.1, 0.15) is 18.4 Å². The Hall–Kier alpha value is -2.31. The molecule has 7 heteroatoms. The van der Waals surface area contributed by atoms with Gasteiger partial charge in [-0.15, -0.1) is 12.4 Å². The Morgan fingerprint density at radius 1 is 1.19 bits per heavy atom. The van der Waals surface area contributed by atoms with Crippen molar-refractivity contribution in [3.05, 3.63) is 48.3 Å². The monoisotopic (exact) mass is 377 g/mol. The number of ether oxygens (including phenoxy) is 2. The molecule has 0 bridgehead atoms. The van der Waals surface area contributed by atoms with Crippen molar-refractivity contribution >= 4 is 24.0 Å². The van der Waals surface area contributed by atoms with Crippen LogP contribution in [0.4, 0.5) is 5.69 Å². The van der Waals surface area contributed by atoms with Gasteiger partial charge in [-0.1, -0.05) is 0 Å². The number of piperidine rings is 1. The largest absolute Gasteiger partial charge is 0.493 e. The zero-order chi connectivity index (χ0) is 17.5. The highest BCUT2D eigenvalue weighted by Gasteiger charge is 2.21. The van der Waals surface area contributed by atoms with E-state index in [2.05, 4.69) is 15.6 Å². The number of carbonyl (C=O) groups excluding carboxylic acids is 1. The van der Waals surface area contributed by atoms with Crippen molar-refractivity contribution in [1.82, 2.24) is 10.3 Å². The van der Waals surface area contributed by atoms with Crippen molar-refractivity contribution in [3.8, 4) is 11.5 Å². The molecule has 0 radical (unpaired) electrons. The van der Waals surface area contributed by atoms with E-state index in [-0.39, 0.29) is 24.2 Å². The molecule has 1 fully saturated rings. The number of halogens is 1. The average molecular weight is 378 g/mol. The van der Waals surface area contributed by atoms with Crippen molar-refractivity contribution in [3.63, 3.8) is 0 Å². The lowest BCUT2D eigenvalue weighted by Crippen LogP contribution is -2.34. The Labute approximate surface area is 159 Å². The van der Waals surface area contributed by atoms with Gasteiger partial charge in [-0.3, -0.25) is 9.78 Å². The summed E-state index contributed by atoms with van der Waals surface area (Å²) in [5.74, 6) is 1.35. The highest BCUT2D eigenvalue weighted by Crippen LogP contribution is 2.31. The summed E-state index contributed by atoms with van der Waals surface area (Å²) in [5.41, 5.74) is 1.73. The van der Waals surface area contributed by atoms with Gasteiger partial charge in [0, 0.05) is 30.1 Å². The number of aromatic nitrogens is 1. The van der Waals surface area contributed by atoms with Crippen LogP contribution >= 0.6 is 12.4 Å². The number of pyridine rings is 1. The van der Waals surface area contributed by atoms with E-state index >= 15 is 0 Å². The van der Waals surface area contributed by atoms with Crippen molar-refractivity contribution < 1.29 is 14.3 Å². The maximum absolute atomic E-state index is 12.4. The number of rotatable bonds is 6. The van der Waals surface area contributed by atoms with Gasteiger partial charge >= 0.3 is 0 Å². The molecule has 6 nitrogen and oxygen atoms in total. The molecule has 2 aromatic rings. The van der Waals surface area contributed by atoms with Crippen LogP contribution in [0.2, 0.25) is 0 Å². The lowest BCUT2D eigenvalue weighted by molar-refractivity contribution is -0.120. The van der Waals surface area contributed by atoms with Gasteiger partial charge in [0.15, 0.2) is 11.5 Å². The van der Waals surface area contributed by atoms with E-state index in [1.807, 2.05) is 18.2 Å². The van der Waals surface area contributed by atoms with Gasteiger partial charge in [0.1, 0.15) is 6.61 Å². The number of nitrogens with zero attached hydrogens (tertiary/aromatic N) is 1. The number of hydrogen-bond donors (Lipinski definition) is 2. The fraction of sp³-hybridized carbons (Fsp3) is 0.368.